The van der Waals surface area contributed by atoms with Gasteiger partial charge in [-0.15, -0.1) is 0 Å². The fourth-order valence-electron chi connectivity index (χ4n) is 8.48. The van der Waals surface area contributed by atoms with Crippen LogP contribution in [0.2, 0.25) is 0 Å². The zero-order chi connectivity index (χ0) is 38.7. The van der Waals surface area contributed by atoms with Crippen LogP contribution >= 0.6 is 0 Å². The lowest BCUT2D eigenvalue weighted by Gasteiger charge is -2.31. The summed E-state index contributed by atoms with van der Waals surface area (Å²) in [5, 5.41) is 4.95. The highest BCUT2D eigenvalue weighted by Gasteiger charge is 2.22. The van der Waals surface area contributed by atoms with Crippen molar-refractivity contribution < 1.29 is 0 Å². The van der Waals surface area contributed by atoms with Crippen molar-refractivity contribution in [1.82, 2.24) is 0 Å². The SMILES string of the molecule is C1=CC(N(c2ccccc2)c2ccc(-c3ccc4ccccc4c3)cc2)=C(c2ccc(-c3ccccc3N(c3ccccc3)c3cccc4ccccc34)cc2)CC1. The predicted octanol–water partition coefficient (Wildman–Crippen LogP) is 15.7. The Balaban J connectivity index is 1.04. The molecule has 0 saturated heterocycles. The summed E-state index contributed by atoms with van der Waals surface area (Å²) >= 11 is 0. The van der Waals surface area contributed by atoms with E-state index >= 15 is 0 Å². The van der Waals surface area contributed by atoms with Gasteiger partial charge >= 0.3 is 0 Å². The van der Waals surface area contributed by atoms with E-state index in [4.69, 9.17) is 0 Å². The number of nitrogens with zero attached hydrogens (tertiary/aromatic N) is 2. The zero-order valence-electron chi connectivity index (χ0n) is 32.2. The summed E-state index contributed by atoms with van der Waals surface area (Å²) in [4.78, 5) is 4.82. The van der Waals surface area contributed by atoms with Crippen LogP contribution < -0.4 is 9.80 Å². The van der Waals surface area contributed by atoms with Gasteiger partial charge in [-0.2, -0.15) is 0 Å². The maximum absolute atomic E-state index is 2.42. The number of benzene rings is 9. The molecule has 0 atom stereocenters. The molecule has 0 fully saturated rings. The Hall–Kier alpha value is -7.42. The van der Waals surface area contributed by atoms with E-state index in [9.17, 15) is 0 Å². The molecule has 2 nitrogen and oxygen atoms in total. The van der Waals surface area contributed by atoms with Crippen molar-refractivity contribution in [2.75, 3.05) is 9.80 Å². The van der Waals surface area contributed by atoms with Gasteiger partial charge in [0.1, 0.15) is 0 Å². The molecular formula is C56H42N2. The second kappa shape index (κ2) is 15.6. The van der Waals surface area contributed by atoms with Crippen molar-refractivity contribution >= 4 is 55.6 Å². The van der Waals surface area contributed by atoms with Gasteiger partial charge < -0.3 is 9.80 Å². The molecule has 58 heavy (non-hydrogen) atoms. The first-order valence-corrected chi connectivity index (χ1v) is 20.2. The Morgan fingerprint density at radius 1 is 0.345 bits per heavy atom. The third-order valence-electron chi connectivity index (χ3n) is 11.3. The number of hydrogen-bond acceptors (Lipinski definition) is 2. The van der Waals surface area contributed by atoms with Crippen LogP contribution in [-0.2, 0) is 0 Å². The monoisotopic (exact) mass is 742 g/mol. The Morgan fingerprint density at radius 2 is 0.897 bits per heavy atom. The molecule has 1 aliphatic rings. The Morgan fingerprint density at radius 3 is 1.67 bits per heavy atom. The highest BCUT2D eigenvalue weighted by Crippen LogP contribution is 2.44. The second-order valence-corrected chi connectivity index (χ2v) is 14.8. The summed E-state index contributed by atoms with van der Waals surface area (Å²) in [7, 11) is 0. The van der Waals surface area contributed by atoms with Crippen molar-refractivity contribution in [1.29, 1.82) is 0 Å². The fraction of sp³-hybridized carbons (Fsp3) is 0.0357. The minimum absolute atomic E-state index is 0.961. The van der Waals surface area contributed by atoms with E-state index in [1.807, 2.05) is 0 Å². The van der Waals surface area contributed by atoms with Gasteiger partial charge in [-0.25, -0.2) is 0 Å². The van der Waals surface area contributed by atoms with Crippen LogP contribution in [0.3, 0.4) is 0 Å². The van der Waals surface area contributed by atoms with E-state index in [-0.39, 0.29) is 0 Å². The van der Waals surface area contributed by atoms with Gasteiger partial charge in [-0.1, -0.05) is 170 Å². The molecule has 0 bridgehead atoms. The molecule has 0 aromatic heterocycles. The summed E-state index contributed by atoms with van der Waals surface area (Å²) in [6, 6.07) is 79.0. The van der Waals surface area contributed by atoms with Crippen LogP contribution in [0.5, 0.6) is 0 Å². The Kier molecular flexibility index (Phi) is 9.43. The van der Waals surface area contributed by atoms with Crippen LogP contribution in [-0.4, -0.2) is 0 Å². The third-order valence-corrected chi connectivity index (χ3v) is 11.3. The second-order valence-electron chi connectivity index (χ2n) is 14.8. The molecule has 0 spiro atoms. The molecule has 1 aliphatic carbocycles. The lowest BCUT2D eigenvalue weighted by molar-refractivity contribution is 1.02. The largest absolute Gasteiger partial charge is 0.310 e. The Bertz CT molecular complexity index is 2920. The molecule has 2 heteroatoms. The van der Waals surface area contributed by atoms with Crippen molar-refractivity contribution in [3.63, 3.8) is 0 Å². The molecule has 0 aliphatic heterocycles. The summed E-state index contributed by atoms with van der Waals surface area (Å²) < 4.78 is 0. The van der Waals surface area contributed by atoms with Crippen LogP contribution in [0.25, 0.3) is 49.4 Å². The fourth-order valence-corrected chi connectivity index (χ4v) is 8.48. The topological polar surface area (TPSA) is 6.48 Å². The maximum Gasteiger partial charge on any atom is 0.0540 e. The maximum atomic E-state index is 2.42. The van der Waals surface area contributed by atoms with Crippen molar-refractivity contribution in [2.45, 2.75) is 12.8 Å². The molecule has 9 aromatic rings. The van der Waals surface area contributed by atoms with E-state index in [1.165, 1.54) is 60.6 Å². The lowest BCUT2D eigenvalue weighted by Crippen LogP contribution is -2.18. The van der Waals surface area contributed by atoms with Crippen molar-refractivity contribution in [2.24, 2.45) is 0 Å². The van der Waals surface area contributed by atoms with Gasteiger partial charge in [0.25, 0.3) is 0 Å². The van der Waals surface area contributed by atoms with E-state index in [1.54, 1.807) is 0 Å². The predicted molar refractivity (Wildman–Crippen MR) is 247 cm³/mol. The lowest BCUT2D eigenvalue weighted by atomic mass is 9.92. The summed E-state index contributed by atoms with van der Waals surface area (Å²) in [5.74, 6) is 0. The van der Waals surface area contributed by atoms with Gasteiger partial charge in [0.15, 0.2) is 0 Å². The summed E-state index contributed by atoms with van der Waals surface area (Å²) in [6.45, 7) is 0. The number of hydrogen-bond donors (Lipinski definition) is 0. The molecule has 0 unspecified atom stereocenters. The molecule has 0 radical (unpaired) electrons. The number of fused-ring (bicyclic) bond motifs is 2. The number of para-hydroxylation sites is 3. The number of rotatable bonds is 9. The molecule has 276 valence electrons. The third kappa shape index (κ3) is 6.76. The van der Waals surface area contributed by atoms with Crippen LogP contribution in [0, 0.1) is 0 Å². The first-order chi connectivity index (χ1) is 28.8. The quantitative estimate of drug-likeness (QED) is 0.145. The molecular weight excluding hydrogens is 701 g/mol. The van der Waals surface area contributed by atoms with E-state index < -0.39 is 0 Å². The molecule has 10 rings (SSSR count). The van der Waals surface area contributed by atoms with Crippen LogP contribution in [0.4, 0.5) is 28.4 Å². The minimum atomic E-state index is 0.961. The molecule has 0 saturated carbocycles. The smallest absolute Gasteiger partial charge is 0.0540 e. The molecule has 0 amide bonds. The molecule has 0 heterocycles. The van der Waals surface area contributed by atoms with Crippen LogP contribution in [0.15, 0.2) is 236 Å². The normalized spacial score (nSPS) is 12.6. The van der Waals surface area contributed by atoms with E-state index in [2.05, 4.69) is 240 Å². The number of anilines is 5. The van der Waals surface area contributed by atoms with Gasteiger partial charge in [0.2, 0.25) is 0 Å². The van der Waals surface area contributed by atoms with Gasteiger partial charge in [-0.3, -0.25) is 0 Å². The van der Waals surface area contributed by atoms with Gasteiger partial charge in [0.05, 0.1) is 11.4 Å². The van der Waals surface area contributed by atoms with Gasteiger partial charge in [0, 0.05) is 33.7 Å². The first-order valence-electron chi connectivity index (χ1n) is 20.2. The molecule has 9 aromatic carbocycles. The average Bonchev–Trinajstić information content (AvgIpc) is 3.30. The Labute approximate surface area is 340 Å². The molecule has 0 N–H and O–H groups in total. The van der Waals surface area contributed by atoms with Crippen molar-refractivity contribution in [3.8, 4) is 22.3 Å². The highest BCUT2D eigenvalue weighted by atomic mass is 15.2. The first kappa shape index (κ1) is 35.0. The standard InChI is InChI=1S/C56H42N2/c1-3-20-48(21-4-1)57(50-38-36-42(37-39-50)47-35-30-41-16-7-8-18-46(41)40-47)54-27-13-11-25-52(54)44-31-33-45(34-32-44)53-26-12-14-28-55(53)58(49-22-5-2-6-23-49)56-29-15-19-43-17-9-10-24-51(43)56/h1-10,12-24,26-40H,11,25H2. The summed E-state index contributed by atoms with van der Waals surface area (Å²) in [5.41, 5.74) is 14.3. The average molecular weight is 743 g/mol. The van der Waals surface area contributed by atoms with E-state index in [0.717, 1.165) is 41.3 Å². The number of allylic oxidation sites excluding steroid dienone is 3. The van der Waals surface area contributed by atoms with E-state index in [0.29, 0.717) is 0 Å². The van der Waals surface area contributed by atoms with Gasteiger partial charge in [-0.05, 0) is 118 Å². The van der Waals surface area contributed by atoms with Crippen molar-refractivity contribution in [3.05, 3.63) is 242 Å². The highest BCUT2D eigenvalue weighted by molar-refractivity contribution is 6.01. The minimum Gasteiger partial charge on any atom is -0.310 e. The van der Waals surface area contributed by atoms with Crippen LogP contribution in [0.1, 0.15) is 18.4 Å². The summed E-state index contributed by atoms with van der Waals surface area (Å²) in [6.07, 6.45) is 6.59. The zero-order valence-corrected chi connectivity index (χ0v) is 32.2.